The first-order valence-corrected chi connectivity index (χ1v) is 8.62. The number of fused-ring (bicyclic) bond motifs is 1. The maximum Gasteiger partial charge on any atom is 0.181 e. The number of hydrogen-bond donors (Lipinski definition) is 2. The topological polar surface area (TPSA) is 63.8 Å². The summed E-state index contributed by atoms with van der Waals surface area (Å²) in [6.45, 7) is 5.13. The van der Waals surface area contributed by atoms with Crippen molar-refractivity contribution in [3.8, 4) is 0 Å². The van der Waals surface area contributed by atoms with Gasteiger partial charge in [-0.2, -0.15) is 0 Å². The number of aromatic nitrogens is 2. The maximum absolute atomic E-state index is 5.74. The van der Waals surface area contributed by atoms with Crippen LogP contribution in [0.4, 0.5) is 5.13 Å². The highest BCUT2D eigenvalue weighted by Crippen LogP contribution is 2.25. The Kier molecular flexibility index (Phi) is 4.19. The normalized spacial score (nSPS) is 12.9. The lowest BCUT2D eigenvalue weighted by atomic mass is 10.2. The van der Waals surface area contributed by atoms with Crippen LogP contribution >= 0.6 is 22.7 Å². The van der Waals surface area contributed by atoms with Crippen LogP contribution in [0.1, 0.15) is 35.3 Å². The van der Waals surface area contributed by atoms with Gasteiger partial charge >= 0.3 is 0 Å². The number of nitrogens with two attached hydrogens (primary N) is 1. The molecule has 0 fully saturated rings. The smallest absolute Gasteiger partial charge is 0.181 e. The number of aryl methyl sites for hydroxylation is 1. The zero-order valence-electron chi connectivity index (χ0n) is 12.1. The van der Waals surface area contributed by atoms with Gasteiger partial charge in [0.05, 0.1) is 16.3 Å². The molecule has 21 heavy (non-hydrogen) atoms. The van der Waals surface area contributed by atoms with Crippen LogP contribution in [-0.4, -0.2) is 9.97 Å². The predicted octanol–water partition coefficient (Wildman–Crippen LogP) is 3.75. The van der Waals surface area contributed by atoms with Crippen LogP contribution in [-0.2, 0) is 13.0 Å². The molecule has 0 radical (unpaired) electrons. The van der Waals surface area contributed by atoms with Gasteiger partial charge in [0, 0.05) is 17.6 Å². The minimum Gasteiger partial charge on any atom is -0.375 e. The molecule has 1 aromatic carbocycles. The predicted molar refractivity (Wildman–Crippen MR) is 90.8 cm³/mol. The van der Waals surface area contributed by atoms with Crippen LogP contribution in [0.15, 0.2) is 24.4 Å². The Morgan fingerprint density at radius 2 is 2.19 bits per heavy atom. The largest absolute Gasteiger partial charge is 0.375 e. The summed E-state index contributed by atoms with van der Waals surface area (Å²) in [4.78, 5) is 10.1. The molecule has 0 saturated carbocycles. The second-order valence-electron chi connectivity index (χ2n) is 4.98. The average molecular weight is 318 g/mol. The van der Waals surface area contributed by atoms with Crippen molar-refractivity contribution in [1.82, 2.24) is 15.3 Å². The molecule has 4 nitrogen and oxygen atoms in total. The van der Waals surface area contributed by atoms with Gasteiger partial charge in [0.15, 0.2) is 5.13 Å². The molecule has 3 aromatic rings. The summed E-state index contributed by atoms with van der Waals surface area (Å²) in [7, 11) is 0. The molecule has 1 unspecified atom stereocenters. The van der Waals surface area contributed by atoms with E-state index in [1.54, 1.807) is 11.3 Å². The van der Waals surface area contributed by atoms with E-state index < -0.39 is 0 Å². The summed E-state index contributed by atoms with van der Waals surface area (Å²) in [6, 6.07) is 6.54. The van der Waals surface area contributed by atoms with E-state index in [-0.39, 0.29) is 6.04 Å². The number of benzene rings is 1. The number of nitrogen functional groups attached to an aromatic ring is 1. The number of nitrogens with one attached hydrogen (secondary N) is 1. The third-order valence-electron chi connectivity index (χ3n) is 3.37. The molecular formula is C15H18N4S2. The third-order valence-corrected chi connectivity index (χ3v) is 5.54. The Labute approximate surface area is 132 Å². The maximum atomic E-state index is 5.74. The van der Waals surface area contributed by atoms with Crippen molar-refractivity contribution in [3.63, 3.8) is 0 Å². The van der Waals surface area contributed by atoms with Gasteiger partial charge < -0.3 is 11.1 Å². The van der Waals surface area contributed by atoms with Gasteiger partial charge in [-0.25, -0.2) is 9.97 Å². The number of hydrogen-bond acceptors (Lipinski definition) is 6. The van der Waals surface area contributed by atoms with Crippen molar-refractivity contribution in [1.29, 1.82) is 0 Å². The van der Waals surface area contributed by atoms with Gasteiger partial charge in [-0.3, -0.25) is 0 Å². The zero-order valence-corrected chi connectivity index (χ0v) is 13.7. The standard InChI is InChI=1S/C15H18N4S2/c1-3-11-8-18-14(20-11)9(2)17-7-10-4-5-12-13(6-10)21-15(16)19-12/h4-6,8-9,17H,3,7H2,1-2H3,(H2,16,19). The highest BCUT2D eigenvalue weighted by atomic mass is 32.1. The monoisotopic (exact) mass is 318 g/mol. The van der Waals surface area contributed by atoms with E-state index in [0.29, 0.717) is 5.13 Å². The van der Waals surface area contributed by atoms with Gasteiger partial charge in [-0.05, 0) is 31.0 Å². The van der Waals surface area contributed by atoms with Crippen LogP contribution in [0.5, 0.6) is 0 Å². The number of rotatable bonds is 5. The lowest BCUT2D eigenvalue weighted by Gasteiger charge is -2.11. The fraction of sp³-hybridized carbons (Fsp3) is 0.333. The quantitative estimate of drug-likeness (QED) is 0.752. The summed E-state index contributed by atoms with van der Waals surface area (Å²) >= 11 is 3.32. The molecule has 0 aliphatic heterocycles. The van der Waals surface area contributed by atoms with Crippen LogP contribution in [0.2, 0.25) is 0 Å². The molecule has 2 heterocycles. The molecular weight excluding hydrogens is 300 g/mol. The van der Waals surface area contributed by atoms with E-state index >= 15 is 0 Å². The van der Waals surface area contributed by atoms with Crippen LogP contribution in [0, 0.1) is 0 Å². The van der Waals surface area contributed by atoms with Crippen molar-refractivity contribution < 1.29 is 0 Å². The Morgan fingerprint density at radius 3 is 2.95 bits per heavy atom. The molecule has 0 amide bonds. The van der Waals surface area contributed by atoms with E-state index in [1.165, 1.54) is 21.8 Å². The SMILES string of the molecule is CCc1cnc(C(C)NCc2ccc3nc(N)sc3c2)s1. The van der Waals surface area contributed by atoms with Crippen LogP contribution in [0.3, 0.4) is 0 Å². The van der Waals surface area contributed by atoms with Gasteiger partial charge in [-0.15, -0.1) is 11.3 Å². The summed E-state index contributed by atoms with van der Waals surface area (Å²) in [5.41, 5.74) is 7.95. The minimum absolute atomic E-state index is 0.262. The minimum atomic E-state index is 0.262. The van der Waals surface area contributed by atoms with E-state index in [0.717, 1.165) is 28.2 Å². The first-order valence-electron chi connectivity index (χ1n) is 6.98. The van der Waals surface area contributed by atoms with Crippen LogP contribution < -0.4 is 11.1 Å². The van der Waals surface area contributed by atoms with Crippen LogP contribution in [0.25, 0.3) is 10.2 Å². The van der Waals surface area contributed by atoms with Crippen molar-refractivity contribution in [2.75, 3.05) is 5.73 Å². The summed E-state index contributed by atoms with van der Waals surface area (Å²) in [5, 5.41) is 5.30. The lowest BCUT2D eigenvalue weighted by molar-refractivity contribution is 0.572. The third kappa shape index (κ3) is 3.23. The van der Waals surface area contributed by atoms with Crippen molar-refractivity contribution >= 4 is 38.0 Å². The van der Waals surface area contributed by atoms with Gasteiger partial charge in [0.1, 0.15) is 5.01 Å². The van der Waals surface area contributed by atoms with Gasteiger partial charge in [0.25, 0.3) is 0 Å². The molecule has 6 heteroatoms. The molecule has 0 saturated heterocycles. The lowest BCUT2D eigenvalue weighted by Crippen LogP contribution is -2.17. The molecule has 110 valence electrons. The van der Waals surface area contributed by atoms with Crippen molar-refractivity contribution in [3.05, 3.63) is 39.8 Å². The molecule has 3 N–H and O–H groups in total. The van der Waals surface area contributed by atoms with Crippen molar-refractivity contribution in [2.45, 2.75) is 32.9 Å². The molecule has 0 aliphatic rings. The van der Waals surface area contributed by atoms with Crippen molar-refractivity contribution in [2.24, 2.45) is 0 Å². The summed E-state index contributed by atoms with van der Waals surface area (Å²) < 4.78 is 1.14. The molecule has 0 bridgehead atoms. The summed E-state index contributed by atoms with van der Waals surface area (Å²) in [6.07, 6.45) is 3.03. The average Bonchev–Trinajstić information content (AvgIpc) is 3.09. The Morgan fingerprint density at radius 1 is 1.33 bits per heavy atom. The second-order valence-corrected chi connectivity index (χ2v) is 7.18. The Bertz CT molecular complexity index is 747. The first kappa shape index (κ1) is 14.4. The van der Waals surface area contributed by atoms with Gasteiger partial charge in [0.2, 0.25) is 0 Å². The van der Waals surface area contributed by atoms with E-state index in [2.05, 4.69) is 41.3 Å². The molecule has 3 rings (SSSR count). The Hall–Kier alpha value is -1.50. The second kappa shape index (κ2) is 6.09. The number of nitrogens with zero attached hydrogens (tertiary/aromatic N) is 2. The molecule has 0 aliphatic carbocycles. The fourth-order valence-electron chi connectivity index (χ4n) is 2.14. The molecule has 2 aromatic heterocycles. The van der Waals surface area contributed by atoms with Gasteiger partial charge in [-0.1, -0.05) is 24.3 Å². The summed E-state index contributed by atoms with van der Waals surface area (Å²) in [5.74, 6) is 0. The Balaban J connectivity index is 1.67. The van der Waals surface area contributed by atoms with E-state index in [4.69, 9.17) is 5.73 Å². The van der Waals surface area contributed by atoms with E-state index in [9.17, 15) is 0 Å². The fourth-order valence-corrected chi connectivity index (χ4v) is 3.82. The number of anilines is 1. The number of thiazole rings is 2. The molecule has 1 atom stereocenters. The zero-order chi connectivity index (χ0) is 14.8. The first-order chi connectivity index (χ1) is 10.2. The molecule has 0 spiro atoms. The highest BCUT2D eigenvalue weighted by molar-refractivity contribution is 7.22. The van der Waals surface area contributed by atoms with E-state index in [1.807, 2.05) is 12.3 Å². The highest BCUT2D eigenvalue weighted by Gasteiger charge is 2.10.